The maximum atomic E-state index is 14.3. The van der Waals surface area contributed by atoms with Crippen LogP contribution in [0, 0.1) is 11.7 Å². The first-order valence-corrected chi connectivity index (χ1v) is 10.2. The van der Waals surface area contributed by atoms with Crippen molar-refractivity contribution in [3.05, 3.63) is 45.7 Å². The van der Waals surface area contributed by atoms with E-state index in [1.165, 1.54) is 23.8 Å². The van der Waals surface area contributed by atoms with Gasteiger partial charge in [-0.15, -0.1) is 35.3 Å². The van der Waals surface area contributed by atoms with E-state index in [2.05, 4.69) is 27.5 Å². The zero-order valence-electron chi connectivity index (χ0n) is 16.5. The monoisotopic (exact) mass is 518 g/mol. The molecule has 1 aromatic carbocycles. The number of nitrogens with one attached hydrogen (secondary N) is 2. The fourth-order valence-electron chi connectivity index (χ4n) is 2.63. The van der Waals surface area contributed by atoms with Crippen LogP contribution in [0.15, 0.2) is 29.4 Å². The number of benzene rings is 1. The van der Waals surface area contributed by atoms with Crippen molar-refractivity contribution in [3.8, 4) is 5.75 Å². The summed E-state index contributed by atoms with van der Waals surface area (Å²) in [5, 5.41) is 7.57. The highest BCUT2D eigenvalue weighted by atomic mass is 127. The van der Waals surface area contributed by atoms with E-state index in [1.807, 2.05) is 19.2 Å². The minimum atomic E-state index is -0.320. The third-order valence-electron chi connectivity index (χ3n) is 4.56. The number of ether oxygens (including phenoxy) is 1. The number of guanidine groups is 1. The van der Waals surface area contributed by atoms with Gasteiger partial charge in [-0.2, -0.15) is 0 Å². The van der Waals surface area contributed by atoms with Gasteiger partial charge in [0.25, 0.3) is 0 Å². The van der Waals surface area contributed by atoms with Gasteiger partial charge in [0.1, 0.15) is 5.01 Å². The normalized spacial score (nSPS) is 14.9. The van der Waals surface area contributed by atoms with Crippen LogP contribution in [0.2, 0.25) is 0 Å². The Labute approximate surface area is 187 Å². The summed E-state index contributed by atoms with van der Waals surface area (Å²) in [5.74, 6) is 1.27. The van der Waals surface area contributed by atoms with Gasteiger partial charge in [-0.3, -0.25) is 4.99 Å². The molecule has 1 unspecified atom stereocenters. The first-order chi connectivity index (χ1) is 13.1. The van der Waals surface area contributed by atoms with Gasteiger partial charge in [-0.25, -0.2) is 9.37 Å². The number of hydrogen-bond donors (Lipinski definition) is 2. The van der Waals surface area contributed by atoms with Crippen molar-refractivity contribution in [1.82, 2.24) is 15.6 Å². The molecule has 0 bridgehead atoms. The van der Waals surface area contributed by atoms with Crippen LogP contribution >= 0.6 is 35.3 Å². The van der Waals surface area contributed by atoms with E-state index in [-0.39, 0.29) is 35.8 Å². The maximum absolute atomic E-state index is 14.3. The molecule has 0 spiro atoms. The molecule has 1 aromatic heterocycles. The van der Waals surface area contributed by atoms with Crippen molar-refractivity contribution in [2.75, 3.05) is 13.7 Å². The average Bonchev–Trinajstić information content (AvgIpc) is 3.39. The Bertz CT molecular complexity index is 794. The smallest absolute Gasteiger partial charge is 0.191 e. The largest absolute Gasteiger partial charge is 0.490 e. The molecular formula is C20H28FIN4OS. The van der Waals surface area contributed by atoms with Gasteiger partial charge in [-0.05, 0) is 49.8 Å². The first-order valence-electron chi connectivity index (χ1n) is 9.42. The van der Waals surface area contributed by atoms with E-state index >= 15 is 0 Å². The second kappa shape index (κ2) is 10.9. The van der Waals surface area contributed by atoms with Gasteiger partial charge in [0.05, 0.1) is 19.2 Å². The molecule has 1 atom stereocenters. The molecule has 1 saturated carbocycles. The van der Waals surface area contributed by atoms with E-state index in [9.17, 15) is 4.39 Å². The summed E-state index contributed by atoms with van der Waals surface area (Å²) in [6.07, 6.45) is 5.28. The topological polar surface area (TPSA) is 58.5 Å². The zero-order chi connectivity index (χ0) is 19.2. The van der Waals surface area contributed by atoms with Crippen LogP contribution in [0.5, 0.6) is 5.75 Å². The Morgan fingerprint density at radius 2 is 2.21 bits per heavy atom. The molecule has 2 aromatic rings. The van der Waals surface area contributed by atoms with Crippen molar-refractivity contribution in [1.29, 1.82) is 0 Å². The first kappa shape index (κ1) is 22.9. The minimum Gasteiger partial charge on any atom is -0.490 e. The molecule has 5 nitrogen and oxygen atoms in total. The van der Waals surface area contributed by atoms with E-state index in [0.29, 0.717) is 30.8 Å². The van der Waals surface area contributed by atoms with Crippen molar-refractivity contribution < 1.29 is 9.13 Å². The molecule has 0 saturated heterocycles. The van der Waals surface area contributed by atoms with Crippen LogP contribution in [0.1, 0.15) is 48.2 Å². The van der Waals surface area contributed by atoms with E-state index in [4.69, 9.17) is 4.74 Å². The second-order valence-electron chi connectivity index (χ2n) is 6.81. The predicted molar refractivity (Wildman–Crippen MR) is 123 cm³/mol. The Morgan fingerprint density at radius 3 is 2.82 bits per heavy atom. The quantitative estimate of drug-likeness (QED) is 0.303. The fourth-order valence-corrected chi connectivity index (χ4v) is 3.43. The molecule has 154 valence electrons. The van der Waals surface area contributed by atoms with Gasteiger partial charge < -0.3 is 15.4 Å². The van der Waals surface area contributed by atoms with Crippen LogP contribution in [0.25, 0.3) is 0 Å². The fraction of sp³-hybridized carbons (Fsp3) is 0.500. The minimum absolute atomic E-state index is 0. The molecular weight excluding hydrogens is 490 g/mol. The Morgan fingerprint density at radius 1 is 1.43 bits per heavy atom. The summed E-state index contributed by atoms with van der Waals surface area (Å²) in [6.45, 7) is 5.32. The van der Waals surface area contributed by atoms with Gasteiger partial charge >= 0.3 is 0 Å². The molecule has 0 aliphatic heterocycles. The Balaban J connectivity index is 0.00000280. The number of thiazole rings is 1. The lowest BCUT2D eigenvalue weighted by Gasteiger charge is -2.18. The van der Waals surface area contributed by atoms with Gasteiger partial charge in [0.2, 0.25) is 0 Å². The predicted octanol–water partition coefficient (Wildman–Crippen LogP) is 4.68. The van der Waals surface area contributed by atoms with Crippen LogP contribution in [0.4, 0.5) is 4.39 Å². The van der Waals surface area contributed by atoms with Gasteiger partial charge in [-0.1, -0.05) is 13.0 Å². The third kappa shape index (κ3) is 6.58. The number of hydrogen-bond acceptors (Lipinski definition) is 4. The summed E-state index contributed by atoms with van der Waals surface area (Å²) < 4.78 is 19.9. The van der Waals surface area contributed by atoms with Crippen molar-refractivity contribution in [2.24, 2.45) is 10.9 Å². The molecule has 28 heavy (non-hydrogen) atoms. The lowest BCUT2D eigenvalue weighted by molar-refractivity contribution is 0.285. The zero-order valence-corrected chi connectivity index (χ0v) is 19.6. The highest BCUT2D eigenvalue weighted by molar-refractivity contribution is 14.0. The highest BCUT2D eigenvalue weighted by Crippen LogP contribution is 2.30. The maximum Gasteiger partial charge on any atom is 0.191 e. The summed E-state index contributed by atoms with van der Waals surface area (Å²) in [6, 6.07) is 5.04. The molecule has 1 heterocycles. The number of aromatic nitrogens is 1. The summed E-state index contributed by atoms with van der Waals surface area (Å²) in [5.41, 5.74) is 0.844. The van der Waals surface area contributed by atoms with Crippen LogP contribution < -0.4 is 15.4 Å². The molecule has 1 aliphatic rings. The van der Waals surface area contributed by atoms with Crippen molar-refractivity contribution in [2.45, 2.75) is 45.7 Å². The third-order valence-corrected chi connectivity index (χ3v) is 5.70. The molecule has 8 heteroatoms. The molecule has 1 fully saturated rings. The lowest BCUT2D eigenvalue weighted by atomic mass is 10.1. The van der Waals surface area contributed by atoms with E-state index in [0.717, 1.165) is 17.0 Å². The lowest BCUT2D eigenvalue weighted by Crippen LogP contribution is -2.38. The van der Waals surface area contributed by atoms with Gasteiger partial charge in [0, 0.05) is 18.1 Å². The molecule has 2 N–H and O–H groups in total. The van der Waals surface area contributed by atoms with Crippen LogP contribution in [-0.4, -0.2) is 24.6 Å². The molecule has 0 radical (unpaired) electrons. The molecule has 1 aliphatic carbocycles. The highest BCUT2D eigenvalue weighted by Gasteiger charge is 2.22. The number of nitrogens with zero attached hydrogens (tertiary/aromatic N) is 2. The summed E-state index contributed by atoms with van der Waals surface area (Å²) in [7, 11) is 1.72. The van der Waals surface area contributed by atoms with Crippen molar-refractivity contribution in [3.63, 3.8) is 0 Å². The Kier molecular flexibility index (Phi) is 8.94. The summed E-state index contributed by atoms with van der Waals surface area (Å²) >= 11 is 1.70. The van der Waals surface area contributed by atoms with Crippen LogP contribution in [-0.2, 0) is 13.0 Å². The van der Waals surface area contributed by atoms with E-state index in [1.54, 1.807) is 24.5 Å². The number of aryl methyl sites for hydroxylation is 1. The molecule has 0 amide bonds. The molecule has 3 rings (SSSR count). The number of rotatable bonds is 8. The Hall–Kier alpha value is -1.42. The van der Waals surface area contributed by atoms with Crippen molar-refractivity contribution >= 4 is 41.3 Å². The average molecular weight is 518 g/mol. The standard InChI is InChI=1S/C20H27FN4OS.HI/c1-4-16-10-23-19(27-16)11-24-20(22-3)25-13(2)15-7-8-18(17(21)9-15)26-12-14-5-6-14;/h7-10,13-14H,4-6,11-12H2,1-3H3,(H2,22,24,25);1H. The summed E-state index contributed by atoms with van der Waals surface area (Å²) in [4.78, 5) is 9.91. The number of aliphatic imine (C=N–C) groups is 1. The second-order valence-corrected chi connectivity index (χ2v) is 8.01. The number of halogens is 2. The SMILES string of the molecule is CCc1cnc(CNC(=NC)NC(C)c2ccc(OCC3CC3)c(F)c2)s1.I. The van der Waals surface area contributed by atoms with Crippen LogP contribution in [0.3, 0.4) is 0 Å². The van der Waals surface area contributed by atoms with Gasteiger partial charge in [0.15, 0.2) is 17.5 Å². The van der Waals surface area contributed by atoms with E-state index < -0.39 is 0 Å².